The Morgan fingerprint density at radius 3 is 2.67 bits per heavy atom. The number of aromatic nitrogens is 2. The van der Waals surface area contributed by atoms with Gasteiger partial charge in [-0.3, -0.25) is 4.68 Å². The zero-order valence-electron chi connectivity index (χ0n) is 8.80. The molecule has 0 radical (unpaired) electrons. The Hall–Kier alpha value is -1.61. The highest BCUT2D eigenvalue weighted by Crippen LogP contribution is 2.15. The first-order valence-electron chi connectivity index (χ1n) is 5.10. The lowest BCUT2D eigenvalue weighted by molar-refractivity contribution is 0.500. The summed E-state index contributed by atoms with van der Waals surface area (Å²) in [5.74, 6) is 0. The Kier molecular flexibility index (Phi) is 3.15. The highest BCUT2D eigenvalue weighted by Gasteiger charge is 2.11. The Balaban J connectivity index is 2.28. The number of hydrogen-bond acceptors (Lipinski definition) is 2. The van der Waals surface area contributed by atoms with E-state index >= 15 is 0 Å². The zero-order chi connectivity index (χ0) is 10.5. The molecule has 1 N–H and O–H groups in total. The van der Waals surface area contributed by atoms with Crippen molar-refractivity contribution in [3.05, 3.63) is 54.4 Å². The second-order valence-electron chi connectivity index (χ2n) is 3.47. The molecule has 0 saturated heterocycles. The highest BCUT2D eigenvalue weighted by atomic mass is 15.3. The van der Waals surface area contributed by atoms with Gasteiger partial charge < -0.3 is 5.32 Å². The summed E-state index contributed by atoms with van der Waals surface area (Å²) in [6.07, 6.45) is 3.81. The molecular weight excluding hydrogens is 186 g/mol. The third kappa shape index (κ3) is 2.25. The molecule has 1 aromatic heterocycles. The summed E-state index contributed by atoms with van der Waals surface area (Å²) < 4.78 is 1.98. The fourth-order valence-corrected chi connectivity index (χ4v) is 1.70. The molecule has 0 saturated carbocycles. The molecule has 2 rings (SSSR count). The van der Waals surface area contributed by atoms with Crippen LogP contribution in [0.2, 0.25) is 0 Å². The molecule has 1 atom stereocenters. The van der Waals surface area contributed by atoms with Gasteiger partial charge in [0.25, 0.3) is 0 Å². The van der Waals surface area contributed by atoms with E-state index in [1.807, 2.05) is 36.3 Å². The molecular formula is C12H15N3. The van der Waals surface area contributed by atoms with Gasteiger partial charge in [-0.25, -0.2) is 0 Å². The van der Waals surface area contributed by atoms with Gasteiger partial charge in [-0.05, 0) is 18.7 Å². The molecule has 0 spiro atoms. The van der Waals surface area contributed by atoms with Crippen molar-refractivity contribution < 1.29 is 0 Å². The van der Waals surface area contributed by atoms with Crippen LogP contribution in [0.1, 0.15) is 11.6 Å². The van der Waals surface area contributed by atoms with Crippen LogP contribution in [-0.2, 0) is 0 Å². The van der Waals surface area contributed by atoms with E-state index < -0.39 is 0 Å². The second-order valence-corrected chi connectivity index (χ2v) is 3.47. The topological polar surface area (TPSA) is 29.9 Å². The third-order valence-electron chi connectivity index (χ3n) is 2.43. The standard InChI is InChI=1S/C12H15N3/c1-13-10-12(15-9-5-8-14-15)11-6-3-2-4-7-11/h2-9,12-13H,10H2,1H3. The van der Waals surface area contributed by atoms with Gasteiger partial charge in [-0.15, -0.1) is 0 Å². The molecule has 2 aromatic rings. The molecule has 0 amide bonds. The van der Waals surface area contributed by atoms with E-state index in [0.29, 0.717) is 0 Å². The Morgan fingerprint density at radius 1 is 1.27 bits per heavy atom. The van der Waals surface area contributed by atoms with Crippen molar-refractivity contribution in [3.63, 3.8) is 0 Å². The van der Waals surface area contributed by atoms with Gasteiger partial charge in [0, 0.05) is 18.9 Å². The molecule has 0 fully saturated rings. The number of likely N-dealkylation sites (N-methyl/N-ethyl adjacent to an activating group) is 1. The maximum Gasteiger partial charge on any atom is 0.0892 e. The predicted molar refractivity (Wildman–Crippen MR) is 60.7 cm³/mol. The second kappa shape index (κ2) is 4.75. The van der Waals surface area contributed by atoms with E-state index in [9.17, 15) is 0 Å². The molecule has 0 aliphatic heterocycles. The minimum absolute atomic E-state index is 0.270. The lowest BCUT2D eigenvalue weighted by atomic mass is 10.1. The molecule has 0 aliphatic carbocycles. The highest BCUT2D eigenvalue weighted by molar-refractivity contribution is 5.20. The molecule has 3 heteroatoms. The summed E-state index contributed by atoms with van der Waals surface area (Å²) in [6, 6.07) is 12.6. The van der Waals surface area contributed by atoms with E-state index in [1.54, 1.807) is 0 Å². The van der Waals surface area contributed by atoms with Crippen molar-refractivity contribution in [2.24, 2.45) is 0 Å². The van der Waals surface area contributed by atoms with Crippen LogP contribution in [0.4, 0.5) is 0 Å². The first kappa shape index (κ1) is 9.93. The SMILES string of the molecule is CNCC(c1ccccc1)n1cccn1. The first-order valence-corrected chi connectivity index (χ1v) is 5.10. The average molecular weight is 201 g/mol. The largest absolute Gasteiger partial charge is 0.317 e. The molecule has 0 aliphatic rings. The lowest BCUT2D eigenvalue weighted by Crippen LogP contribution is -2.23. The van der Waals surface area contributed by atoms with Crippen LogP contribution in [0.15, 0.2) is 48.8 Å². The number of hydrogen-bond donors (Lipinski definition) is 1. The van der Waals surface area contributed by atoms with Crippen molar-refractivity contribution in [1.29, 1.82) is 0 Å². The van der Waals surface area contributed by atoms with Gasteiger partial charge in [-0.2, -0.15) is 5.10 Å². The number of nitrogens with zero attached hydrogens (tertiary/aromatic N) is 2. The van der Waals surface area contributed by atoms with E-state index in [0.717, 1.165) is 6.54 Å². The number of benzene rings is 1. The van der Waals surface area contributed by atoms with Crippen LogP contribution in [0.5, 0.6) is 0 Å². The predicted octanol–water partition coefficient (Wildman–Crippen LogP) is 1.69. The van der Waals surface area contributed by atoms with Crippen molar-refractivity contribution in [2.45, 2.75) is 6.04 Å². The van der Waals surface area contributed by atoms with Crippen LogP contribution in [-0.4, -0.2) is 23.4 Å². The van der Waals surface area contributed by atoms with Crippen molar-refractivity contribution >= 4 is 0 Å². The summed E-state index contributed by atoms with van der Waals surface area (Å²) in [7, 11) is 1.96. The number of rotatable bonds is 4. The molecule has 78 valence electrons. The van der Waals surface area contributed by atoms with Gasteiger partial charge in [0.05, 0.1) is 6.04 Å². The maximum atomic E-state index is 4.29. The smallest absolute Gasteiger partial charge is 0.0892 e. The van der Waals surface area contributed by atoms with Crippen LogP contribution >= 0.6 is 0 Å². The fourth-order valence-electron chi connectivity index (χ4n) is 1.70. The van der Waals surface area contributed by atoms with Crippen LogP contribution in [0, 0.1) is 0 Å². The molecule has 1 aromatic carbocycles. The van der Waals surface area contributed by atoms with Crippen molar-refractivity contribution in [3.8, 4) is 0 Å². The lowest BCUT2D eigenvalue weighted by Gasteiger charge is -2.17. The van der Waals surface area contributed by atoms with Gasteiger partial charge in [0.2, 0.25) is 0 Å². The van der Waals surface area contributed by atoms with Crippen LogP contribution < -0.4 is 5.32 Å². The van der Waals surface area contributed by atoms with E-state index in [-0.39, 0.29) is 6.04 Å². The van der Waals surface area contributed by atoms with Gasteiger partial charge in [-0.1, -0.05) is 30.3 Å². The summed E-state index contributed by atoms with van der Waals surface area (Å²) in [4.78, 5) is 0. The van der Waals surface area contributed by atoms with Gasteiger partial charge in [0.15, 0.2) is 0 Å². The third-order valence-corrected chi connectivity index (χ3v) is 2.43. The van der Waals surface area contributed by atoms with Gasteiger partial charge in [0.1, 0.15) is 0 Å². The summed E-state index contributed by atoms with van der Waals surface area (Å²) in [6.45, 7) is 0.881. The first-order chi connectivity index (χ1) is 7.42. The Morgan fingerprint density at radius 2 is 2.07 bits per heavy atom. The molecule has 0 bridgehead atoms. The summed E-state index contributed by atoms with van der Waals surface area (Å²) in [5.41, 5.74) is 1.27. The quantitative estimate of drug-likeness (QED) is 0.815. The van der Waals surface area contributed by atoms with Crippen LogP contribution in [0.25, 0.3) is 0 Å². The molecule has 3 nitrogen and oxygen atoms in total. The Labute approximate surface area is 89.7 Å². The normalized spacial score (nSPS) is 12.6. The maximum absolute atomic E-state index is 4.29. The number of nitrogens with one attached hydrogen (secondary N) is 1. The van der Waals surface area contributed by atoms with E-state index in [1.165, 1.54) is 5.56 Å². The minimum Gasteiger partial charge on any atom is -0.317 e. The minimum atomic E-state index is 0.270. The Bertz CT molecular complexity index is 381. The summed E-state index contributed by atoms with van der Waals surface area (Å²) >= 11 is 0. The van der Waals surface area contributed by atoms with E-state index in [4.69, 9.17) is 0 Å². The summed E-state index contributed by atoms with van der Waals surface area (Å²) in [5, 5.41) is 7.48. The fraction of sp³-hybridized carbons (Fsp3) is 0.250. The van der Waals surface area contributed by atoms with Gasteiger partial charge >= 0.3 is 0 Å². The monoisotopic (exact) mass is 201 g/mol. The molecule has 1 heterocycles. The molecule has 1 unspecified atom stereocenters. The van der Waals surface area contributed by atoms with Crippen molar-refractivity contribution in [1.82, 2.24) is 15.1 Å². The van der Waals surface area contributed by atoms with Crippen LogP contribution in [0.3, 0.4) is 0 Å². The molecule has 15 heavy (non-hydrogen) atoms. The van der Waals surface area contributed by atoms with Crippen molar-refractivity contribution in [2.75, 3.05) is 13.6 Å². The zero-order valence-corrected chi connectivity index (χ0v) is 8.80. The van der Waals surface area contributed by atoms with E-state index in [2.05, 4.69) is 34.7 Å². The average Bonchev–Trinajstić information content (AvgIpc) is 2.80.